The maximum Gasteiger partial charge on any atom is 0.000263 e. The smallest absolute Gasteiger partial charge is 0.000263 e. The second-order valence-corrected chi connectivity index (χ2v) is 10.3. The van der Waals surface area contributed by atoms with Crippen molar-refractivity contribution in [3.63, 3.8) is 0 Å². The molecule has 0 radical (unpaired) electrons. The van der Waals surface area contributed by atoms with Gasteiger partial charge >= 0.3 is 0 Å². The van der Waals surface area contributed by atoms with Crippen LogP contribution in [-0.2, 0) is 0 Å². The van der Waals surface area contributed by atoms with Gasteiger partial charge in [0.05, 0.1) is 0 Å². The topological polar surface area (TPSA) is 24.1 Å². The molecule has 0 bridgehead atoms. The summed E-state index contributed by atoms with van der Waals surface area (Å²) in [5.74, 6) is 0.737. The zero-order valence-electron chi connectivity index (χ0n) is 17.0. The molecule has 0 aromatic rings. The summed E-state index contributed by atoms with van der Waals surface area (Å²) in [6.07, 6.45) is 3.86. The molecule has 0 aliphatic rings. The molecule has 0 aliphatic heterocycles. The molecule has 0 saturated carbocycles. The van der Waals surface area contributed by atoms with Crippen LogP contribution < -0.4 is 10.6 Å². The van der Waals surface area contributed by atoms with E-state index < -0.39 is 0 Å². The van der Waals surface area contributed by atoms with Gasteiger partial charge in [-0.25, -0.2) is 0 Å². The van der Waals surface area contributed by atoms with Crippen molar-refractivity contribution in [2.24, 2.45) is 22.2 Å². The van der Waals surface area contributed by atoms with E-state index in [1.807, 2.05) is 0 Å². The molecule has 0 aromatic carbocycles. The van der Waals surface area contributed by atoms with Crippen molar-refractivity contribution in [2.75, 3.05) is 26.2 Å². The standard InChI is InChI=1S/C20H44N2/c1-17(2)14-22-16-20(8,9)11-10-19(6,7)12-13-21-15-18(3,4)5/h17,21-22H,10-16H2,1-9H3. The molecule has 134 valence electrons. The molecule has 2 nitrogen and oxygen atoms in total. The van der Waals surface area contributed by atoms with Crippen LogP contribution in [0.2, 0.25) is 0 Å². The van der Waals surface area contributed by atoms with Crippen LogP contribution in [0.15, 0.2) is 0 Å². The summed E-state index contributed by atoms with van der Waals surface area (Å²) in [4.78, 5) is 0. The van der Waals surface area contributed by atoms with E-state index in [4.69, 9.17) is 0 Å². The molecule has 0 aromatic heterocycles. The summed E-state index contributed by atoms with van der Waals surface area (Å²) in [7, 11) is 0. The maximum atomic E-state index is 3.62. The van der Waals surface area contributed by atoms with Crippen LogP contribution in [0.4, 0.5) is 0 Å². The largest absolute Gasteiger partial charge is 0.316 e. The van der Waals surface area contributed by atoms with Crippen molar-refractivity contribution in [3.8, 4) is 0 Å². The average Bonchev–Trinajstić information content (AvgIpc) is 2.31. The molecule has 2 N–H and O–H groups in total. The molecule has 2 heteroatoms. The Kier molecular flexibility index (Phi) is 9.24. The molecule has 0 amide bonds. The van der Waals surface area contributed by atoms with Gasteiger partial charge in [0, 0.05) is 6.54 Å². The third kappa shape index (κ3) is 13.6. The lowest BCUT2D eigenvalue weighted by molar-refractivity contribution is 0.217. The Balaban J connectivity index is 3.98. The van der Waals surface area contributed by atoms with E-state index in [-0.39, 0.29) is 0 Å². The minimum absolute atomic E-state index is 0.383. The Labute approximate surface area is 141 Å². The lowest BCUT2D eigenvalue weighted by atomic mass is 9.77. The van der Waals surface area contributed by atoms with Crippen molar-refractivity contribution in [1.82, 2.24) is 10.6 Å². The van der Waals surface area contributed by atoms with Crippen molar-refractivity contribution < 1.29 is 0 Å². The monoisotopic (exact) mass is 312 g/mol. The van der Waals surface area contributed by atoms with Gasteiger partial charge in [0.15, 0.2) is 0 Å². The van der Waals surface area contributed by atoms with Gasteiger partial charge in [-0.15, -0.1) is 0 Å². The van der Waals surface area contributed by atoms with Crippen molar-refractivity contribution in [2.45, 2.75) is 81.6 Å². The van der Waals surface area contributed by atoms with Crippen molar-refractivity contribution >= 4 is 0 Å². The second kappa shape index (κ2) is 9.27. The third-order valence-corrected chi connectivity index (χ3v) is 4.27. The summed E-state index contributed by atoms with van der Waals surface area (Å²) in [5, 5.41) is 7.23. The van der Waals surface area contributed by atoms with Crippen LogP contribution in [0.3, 0.4) is 0 Å². The Morgan fingerprint density at radius 3 is 1.73 bits per heavy atom. The molecule has 0 unspecified atom stereocenters. The molecular weight excluding hydrogens is 268 g/mol. The van der Waals surface area contributed by atoms with Crippen molar-refractivity contribution in [1.29, 1.82) is 0 Å². The van der Waals surface area contributed by atoms with Gasteiger partial charge in [-0.3, -0.25) is 0 Å². The van der Waals surface area contributed by atoms with E-state index in [2.05, 4.69) is 72.9 Å². The Morgan fingerprint density at radius 1 is 0.682 bits per heavy atom. The third-order valence-electron chi connectivity index (χ3n) is 4.27. The quantitative estimate of drug-likeness (QED) is 0.519. The number of nitrogens with one attached hydrogen (secondary N) is 2. The Bertz CT molecular complexity index is 285. The van der Waals surface area contributed by atoms with E-state index in [0.717, 1.165) is 32.1 Å². The zero-order chi connectivity index (χ0) is 17.4. The van der Waals surface area contributed by atoms with E-state index in [9.17, 15) is 0 Å². The molecule has 0 aliphatic carbocycles. The van der Waals surface area contributed by atoms with E-state index in [0.29, 0.717) is 16.2 Å². The predicted octanol–water partition coefficient (Wildman–Crippen LogP) is 5.09. The van der Waals surface area contributed by atoms with Gasteiger partial charge in [-0.05, 0) is 61.1 Å². The highest BCUT2D eigenvalue weighted by atomic mass is 14.9. The first-order valence-electron chi connectivity index (χ1n) is 9.24. The Morgan fingerprint density at radius 2 is 1.23 bits per heavy atom. The molecule has 0 spiro atoms. The van der Waals surface area contributed by atoms with E-state index in [1.54, 1.807) is 0 Å². The zero-order valence-corrected chi connectivity index (χ0v) is 17.0. The van der Waals surface area contributed by atoms with Gasteiger partial charge in [0.25, 0.3) is 0 Å². The summed E-state index contributed by atoms with van der Waals surface area (Å²) in [6.45, 7) is 25.5. The number of hydrogen-bond acceptors (Lipinski definition) is 2. The minimum Gasteiger partial charge on any atom is -0.316 e. The van der Waals surface area contributed by atoms with Gasteiger partial charge in [-0.2, -0.15) is 0 Å². The van der Waals surface area contributed by atoms with Crippen LogP contribution in [-0.4, -0.2) is 26.2 Å². The van der Waals surface area contributed by atoms with Gasteiger partial charge in [-0.1, -0.05) is 62.3 Å². The number of hydrogen-bond donors (Lipinski definition) is 2. The molecular formula is C20H44N2. The minimum atomic E-state index is 0.383. The van der Waals surface area contributed by atoms with Gasteiger partial charge < -0.3 is 10.6 Å². The van der Waals surface area contributed by atoms with Crippen LogP contribution in [0, 0.1) is 22.2 Å². The first kappa shape index (κ1) is 21.9. The van der Waals surface area contributed by atoms with E-state index >= 15 is 0 Å². The summed E-state index contributed by atoms with van der Waals surface area (Å²) < 4.78 is 0. The first-order chi connectivity index (χ1) is 9.83. The second-order valence-electron chi connectivity index (χ2n) is 10.3. The van der Waals surface area contributed by atoms with Gasteiger partial charge in [0.2, 0.25) is 0 Å². The number of rotatable bonds is 11. The predicted molar refractivity (Wildman–Crippen MR) is 101 cm³/mol. The molecule has 0 atom stereocenters. The highest BCUT2D eigenvalue weighted by molar-refractivity contribution is 4.78. The fourth-order valence-electron chi connectivity index (χ4n) is 2.48. The average molecular weight is 313 g/mol. The first-order valence-corrected chi connectivity index (χ1v) is 9.24. The van der Waals surface area contributed by atoms with E-state index in [1.165, 1.54) is 19.3 Å². The summed E-state index contributed by atoms with van der Waals surface area (Å²) >= 11 is 0. The van der Waals surface area contributed by atoms with Crippen LogP contribution in [0.25, 0.3) is 0 Å². The lowest BCUT2D eigenvalue weighted by Crippen LogP contribution is -2.33. The molecule has 0 saturated heterocycles. The van der Waals surface area contributed by atoms with Gasteiger partial charge in [0.1, 0.15) is 0 Å². The lowest BCUT2D eigenvalue weighted by Gasteiger charge is -2.32. The van der Waals surface area contributed by atoms with Crippen molar-refractivity contribution in [3.05, 3.63) is 0 Å². The van der Waals surface area contributed by atoms with Crippen LogP contribution in [0.5, 0.6) is 0 Å². The fraction of sp³-hybridized carbons (Fsp3) is 1.00. The molecule has 0 fully saturated rings. The molecule has 0 rings (SSSR count). The molecule has 22 heavy (non-hydrogen) atoms. The summed E-state index contributed by atoms with van der Waals surface area (Å²) in [6, 6.07) is 0. The summed E-state index contributed by atoms with van der Waals surface area (Å²) in [5.41, 5.74) is 1.21. The fourth-order valence-corrected chi connectivity index (χ4v) is 2.48. The van der Waals surface area contributed by atoms with Crippen LogP contribution in [0.1, 0.15) is 81.6 Å². The SMILES string of the molecule is CC(C)CNCC(C)(C)CCC(C)(C)CCNCC(C)(C)C. The Hall–Kier alpha value is -0.0800. The maximum absolute atomic E-state index is 3.62. The molecule has 0 heterocycles. The normalized spacial score (nSPS) is 13.9. The highest BCUT2D eigenvalue weighted by Crippen LogP contribution is 2.32. The highest BCUT2D eigenvalue weighted by Gasteiger charge is 2.24. The van der Waals surface area contributed by atoms with Crippen LogP contribution >= 0.6 is 0 Å².